The third kappa shape index (κ3) is 5.21. The van der Waals surface area contributed by atoms with E-state index in [-0.39, 0.29) is 23.7 Å². The average Bonchev–Trinajstić information content (AvgIpc) is 2.51. The maximum atomic E-state index is 12.1. The molecule has 0 atom stereocenters. The van der Waals surface area contributed by atoms with Crippen LogP contribution in [0.25, 0.3) is 0 Å². The Balaban J connectivity index is 2.11. The highest BCUT2D eigenvalue weighted by molar-refractivity contribution is 5.91. The molecule has 1 N–H and O–H groups in total. The Morgan fingerprint density at radius 2 is 1.74 bits per heavy atom. The SMILES string of the molecule is O=C(O)c1cc(OCC(F)(F)F)ccc1OCc1ccccc1. The Morgan fingerprint density at radius 3 is 2.35 bits per heavy atom. The summed E-state index contributed by atoms with van der Waals surface area (Å²) >= 11 is 0. The number of carboxylic acids is 1. The highest BCUT2D eigenvalue weighted by atomic mass is 19.4. The van der Waals surface area contributed by atoms with E-state index in [1.54, 1.807) is 12.1 Å². The lowest BCUT2D eigenvalue weighted by Gasteiger charge is -2.13. The van der Waals surface area contributed by atoms with Gasteiger partial charge in [0, 0.05) is 0 Å². The second-order valence-electron chi connectivity index (χ2n) is 4.64. The molecule has 0 amide bonds. The van der Waals surface area contributed by atoms with Crippen molar-refractivity contribution in [3.8, 4) is 11.5 Å². The summed E-state index contributed by atoms with van der Waals surface area (Å²) in [6, 6.07) is 12.6. The Hall–Kier alpha value is -2.70. The number of benzene rings is 2. The number of carboxylic acid groups (broad SMARTS) is 1. The predicted molar refractivity (Wildman–Crippen MR) is 75.7 cm³/mol. The normalized spacial score (nSPS) is 11.1. The van der Waals surface area contributed by atoms with Gasteiger partial charge in [0.15, 0.2) is 6.61 Å². The number of rotatable bonds is 6. The molecule has 122 valence electrons. The number of hydrogen-bond acceptors (Lipinski definition) is 3. The zero-order valence-corrected chi connectivity index (χ0v) is 11.8. The lowest BCUT2D eigenvalue weighted by Crippen LogP contribution is -2.19. The van der Waals surface area contributed by atoms with Gasteiger partial charge in [0.05, 0.1) is 0 Å². The van der Waals surface area contributed by atoms with E-state index < -0.39 is 18.8 Å². The van der Waals surface area contributed by atoms with Gasteiger partial charge < -0.3 is 14.6 Å². The summed E-state index contributed by atoms with van der Waals surface area (Å²) in [7, 11) is 0. The monoisotopic (exact) mass is 326 g/mol. The molecule has 0 aliphatic carbocycles. The fourth-order valence-corrected chi connectivity index (χ4v) is 1.79. The van der Waals surface area contributed by atoms with E-state index >= 15 is 0 Å². The molecule has 0 aliphatic heterocycles. The van der Waals surface area contributed by atoms with Crippen LogP contribution in [0.15, 0.2) is 48.5 Å². The molecule has 7 heteroatoms. The van der Waals surface area contributed by atoms with Crippen molar-refractivity contribution in [3.05, 3.63) is 59.7 Å². The van der Waals surface area contributed by atoms with Crippen molar-refractivity contribution in [1.82, 2.24) is 0 Å². The van der Waals surface area contributed by atoms with E-state index in [4.69, 9.17) is 9.84 Å². The standard InChI is InChI=1S/C16H13F3O4/c17-16(18,19)10-23-12-6-7-14(13(8-12)15(20)21)22-9-11-4-2-1-3-5-11/h1-8H,9-10H2,(H,20,21). The first-order chi connectivity index (χ1) is 10.8. The number of alkyl halides is 3. The van der Waals surface area contributed by atoms with E-state index in [0.29, 0.717) is 0 Å². The zero-order valence-electron chi connectivity index (χ0n) is 11.8. The first-order valence-electron chi connectivity index (χ1n) is 6.59. The second-order valence-corrected chi connectivity index (χ2v) is 4.64. The average molecular weight is 326 g/mol. The Kier molecular flexibility index (Phi) is 5.10. The summed E-state index contributed by atoms with van der Waals surface area (Å²) in [5.74, 6) is -1.45. The molecule has 0 fully saturated rings. The summed E-state index contributed by atoms with van der Waals surface area (Å²) in [5.41, 5.74) is 0.571. The maximum absolute atomic E-state index is 12.1. The fourth-order valence-electron chi connectivity index (χ4n) is 1.79. The Labute approximate surface area is 130 Å². The van der Waals surface area contributed by atoms with Crippen LogP contribution in [0.1, 0.15) is 15.9 Å². The van der Waals surface area contributed by atoms with Crippen molar-refractivity contribution in [2.45, 2.75) is 12.8 Å². The zero-order chi connectivity index (χ0) is 16.9. The van der Waals surface area contributed by atoms with Crippen LogP contribution in [0, 0.1) is 0 Å². The van der Waals surface area contributed by atoms with Gasteiger partial charge in [-0.2, -0.15) is 13.2 Å². The molecule has 0 unspecified atom stereocenters. The van der Waals surface area contributed by atoms with Gasteiger partial charge in [0.1, 0.15) is 23.7 Å². The van der Waals surface area contributed by atoms with Gasteiger partial charge in [-0.1, -0.05) is 30.3 Å². The lowest BCUT2D eigenvalue weighted by atomic mass is 10.2. The molecule has 0 bridgehead atoms. The minimum atomic E-state index is -4.49. The highest BCUT2D eigenvalue weighted by Gasteiger charge is 2.28. The van der Waals surface area contributed by atoms with Crippen molar-refractivity contribution in [1.29, 1.82) is 0 Å². The van der Waals surface area contributed by atoms with Gasteiger partial charge in [0.25, 0.3) is 0 Å². The van der Waals surface area contributed by atoms with Gasteiger partial charge in [-0.15, -0.1) is 0 Å². The summed E-state index contributed by atoms with van der Waals surface area (Å²) in [4.78, 5) is 11.2. The second kappa shape index (κ2) is 7.04. The molecule has 23 heavy (non-hydrogen) atoms. The molecule has 2 aromatic rings. The van der Waals surface area contributed by atoms with Crippen LogP contribution in [-0.4, -0.2) is 23.9 Å². The maximum Gasteiger partial charge on any atom is 0.422 e. The van der Waals surface area contributed by atoms with Crippen molar-refractivity contribution in [2.24, 2.45) is 0 Å². The minimum Gasteiger partial charge on any atom is -0.488 e. The van der Waals surface area contributed by atoms with E-state index in [1.807, 2.05) is 18.2 Å². The molecule has 0 radical (unpaired) electrons. The van der Waals surface area contributed by atoms with E-state index in [9.17, 15) is 18.0 Å². The van der Waals surface area contributed by atoms with Crippen LogP contribution in [0.2, 0.25) is 0 Å². The Bertz CT molecular complexity index is 669. The number of carbonyl (C=O) groups is 1. The molecule has 0 heterocycles. The molecule has 0 aromatic heterocycles. The van der Waals surface area contributed by atoms with Crippen LogP contribution in [0.4, 0.5) is 13.2 Å². The van der Waals surface area contributed by atoms with E-state index in [1.165, 1.54) is 12.1 Å². The molecule has 2 rings (SSSR count). The van der Waals surface area contributed by atoms with Crippen LogP contribution in [-0.2, 0) is 6.61 Å². The summed E-state index contributed by atoms with van der Waals surface area (Å²) in [5, 5.41) is 9.16. The number of halogens is 3. The molecule has 4 nitrogen and oxygen atoms in total. The van der Waals surface area contributed by atoms with Gasteiger partial charge in [-0.3, -0.25) is 0 Å². The minimum absolute atomic E-state index is 0.0562. The van der Waals surface area contributed by atoms with Crippen LogP contribution >= 0.6 is 0 Å². The third-order valence-electron chi connectivity index (χ3n) is 2.82. The summed E-state index contributed by atoms with van der Waals surface area (Å²) < 4.78 is 46.3. The van der Waals surface area contributed by atoms with Crippen LogP contribution in [0.3, 0.4) is 0 Å². The van der Waals surface area contributed by atoms with Crippen LogP contribution < -0.4 is 9.47 Å². The number of aromatic carboxylic acids is 1. The van der Waals surface area contributed by atoms with Crippen molar-refractivity contribution in [3.63, 3.8) is 0 Å². The summed E-state index contributed by atoms with van der Waals surface area (Å²) in [6.07, 6.45) is -4.49. The Morgan fingerprint density at radius 1 is 1.04 bits per heavy atom. The smallest absolute Gasteiger partial charge is 0.422 e. The van der Waals surface area contributed by atoms with E-state index in [2.05, 4.69) is 4.74 Å². The third-order valence-corrected chi connectivity index (χ3v) is 2.82. The summed E-state index contributed by atoms with van der Waals surface area (Å²) in [6.45, 7) is -1.35. The van der Waals surface area contributed by atoms with Crippen molar-refractivity contribution >= 4 is 5.97 Å². The number of ether oxygens (including phenoxy) is 2. The largest absolute Gasteiger partial charge is 0.488 e. The van der Waals surface area contributed by atoms with Crippen molar-refractivity contribution in [2.75, 3.05) is 6.61 Å². The van der Waals surface area contributed by atoms with Crippen molar-refractivity contribution < 1.29 is 32.5 Å². The first kappa shape index (κ1) is 16.7. The molecule has 0 spiro atoms. The molecule has 2 aromatic carbocycles. The van der Waals surface area contributed by atoms with Gasteiger partial charge >= 0.3 is 12.1 Å². The quantitative estimate of drug-likeness (QED) is 0.874. The molecular formula is C16H13F3O4. The molecule has 0 aliphatic rings. The fraction of sp³-hybridized carbons (Fsp3) is 0.188. The number of hydrogen-bond donors (Lipinski definition) is 1. The van der Waals surface area contributed by atoms with Gasteiger partial charge in [0.2, 0.25) is 0 Å². The molecule has 0 saturated carbocycles. The van der Waals surface area contributed by atoms with Crippen LogP contribution in [0.5, 0.6) is 11.5 Å². The van der Waals surface area contributed by atoms with Gasteiger partial charge in [-0.25, -0.2) is 4.79 Å². The predicted octanol–water partition coefficient (Wildman–Crippen LogP) is 3.90. The lowest BCUT2D eigenvalue weighted by molar-refractivity contribution is -0.153. The van der Waals surface area contributed by atoms with E-state index in [0.717, 1.165) is 11.6 Å². The molecule has 0 saturated heterocycles. The topological polar surface area (TPSA) is 55.8 Å². The molecular weight excluding hydrogens is 313 g/mol. The van der Waals surface area contributed by atoms with Gasteiger partial charge in [-0.05, 0) is 23.8 Å². The first-order valence-corrected chi connectivity index (χ1v) is 6.59. The highest BCUT2D eigenvalue weighted by Crippen LogP contribution is 2.26.